The molecule has 43 heavy (non-hydrogen) atoms. The summed E-state index contributed by atoms with van der Waals surface area (Å²) >= 11 is 0. The molecule has 1 N–H and O–H groups in total. The Balaban J connectivity index is 1.38. The van der Waals surface area contributed by atoms with Crippen molar-refractivity contribution in [1.82, 2.24) is 10.2 Å². The Hall–Kier alpha value is -5.50. The van der Waals surface area contributed by atoms with Crippen LogP contribution >= 0.6 is 0 Å². The first-order valence-electron chi connectivity index (χ1n) is 14.5. The number of amidine groups is 1. The van der Waals surface area contributed by atoms with Gasteiger partial charge in [0.05, 0.1) is 11.6 Å². The Morgan fingerprint density at radius 3 is 1.95 bits per heavy atom. The third-order valence-corrected chi connectivity index (χ3v) is 8.26. The van der Waals surface area contributed by atoms with Crippen LogP contribution in [-0.2, 0) is 0 Å². The summed E-state index contributed by atoms with van der Waals surface area (Å²) in [6.45, 7) is 0. The van der Waals surface area contributed by atoms with E-state index in [1.165, 1.54) is 21.9 Å². The summed E-state index contributed by atoms with van der Waals surface area (Å²) in [7, 11) is 2.14. The van der Waals surface area contributed by atoms with Crippen LogP contribution in [0.25, 0.3) is 33.0 Å². The average molecular weight is 555 g/mol. The number of hydrogen-bond donors (Lipinski definition) is 1. The average Bonchev–Trinajstić information content (AvgIpc) is 3.09. The first-order valence-corrected chi connectivity index (χ1v) is 14.5. The monoisotopic (exact) mass is 554 g/mol. The zero-order chi connectivity index (χ0) is 29.2. The molecule has 0 fully saturated rings. The van der Waals surface area contributed by atoms with Crippen molar-refractivity contribution in [2.45, 2.75) is 12.3 Å². The molecule has 1 aliphatic rings. The maximum atomic E-state index is 9.30. The van der Waals surface area contributed by atoms with Gasteiger partial charge < -0.3 is 5.32 Å². The lowest BCUT2D eigenvalue weighted by atomic mass is 9.89. The zero-order valence-electron chi connectivity index (χ0n) is 23.9. The zero-order valence-corrected chi connectivity index (χ0v) is 23.9. The molecule has 0 bridgehead atoms. The minimum Gasteiger partial charge on any atom is -0.350 e. The predicted molar refractivity (Wildman–Crippen MR) is 175 cm³/mol. The summed E-state index contributed by atoms with van der Waals surface area (Å²) in [4.78, 5) is 7.63. The number of benzene rings is 6. The van der Waals surface area contributed by atoms with Gasteiger partial charge in [0.15, 0.2) is 0 Å². The molecule has 6 aromatic rings. The van der Waals surface area contributed by atoms with Crippen molar-refractivity contribution in [3.8, 4) is 28.3 Å². The topological polar surface area (TPSA) is 51.4 Å². The van der Waals surface area contributed by atoms with Crippen LogP contribution < -0.4 is 5.32 Å². The van der Waals surface area contributed by atoms with E-state index in [2.05, 4.69) is 139 Å². The normalized spacial score (nSPS) is 16.7. The molecule has 0 spiro atoms. The minimum absolute atomic E-state index is 0.0468. The lowest BCUT2D eigenvalue weighted by Crippen LogP contribution is -2.46. The van der Waals surface area contributed by atoms with Crippen LogP contribution in [-0.4, -0.2) is 17.8 Å². The highest BCUT2D eigenvalue weighted by Gasteiger charge is 2.32. The summed E-state index contributed by atoms with van der Waals surface area (Å²) in [5.74, 6) is 0.886. The molecule has 0 radical (unpaired) electrons. The summed E-state index contributed by atoms with van der Waals surface area (Å²) in [6, 6.07) is 52.6. The van der Waals surface area contributed by atoms with E-state index < -0.39 is 0 Å². The third kappa shape index (κ3) is 4.97. The van der Waals surface area contributed by atoms with Crippen molar-refractivity contribution in [3.05, 3.63) is 168 Å². The van der Waals surface area contributed by atoms with Gasteiger partial charge in [-0.2, -0.15) is 5.26 Å². The molecule has 2 unspecified atom stereocenters. The lowest BCUT2D eigenvalue weighted by molar-refractivity contribution is 0.153. The predicted octanol–water partition coefficient (Wildman–Crippen LogP) is 8.72. The Morgan fingerprint density at radius 2 is 1.23 bits per heavy atom. The van der Waals surface area contributed by atoms with Crippen molar-refractivity contribution < 1.29 is 0 Å². The maximum absolute atomic E-state index is 9.30. The second-order valence-electron chi connectivity index (χ2n) is 10.8. The van der Waals surface area contributed by atoms with Gasteiger partial charge in [0.2, 0.25) is 0 Å². The van der Waals surface area contributed by atoms with Crippen molar-refractivity contribution in [1.29, 1.82) is 5.26 Å². The summed E-state index contributed by atoms with van der Waals surface area (Å²) < 4.78 is 0. The van der Waals surface area contributed by atoms with Gasteiger partial charge in [0, 0.05) is 5.56 Å². The molecule has 0 aliphatic carbocycles. The Morgan fingerprint density at radius 1 is 0.605 bits per heavy atom. The van der Waals surface area contributed by atoms with Crippen molar-refractivity contribution in [2.24, 2.45) is 4.99 Å². The molecule has 4 nitrogen and oxygen atoms in total. The van der Waals surface area contributed by atoms with E-state index in [1.807, 2.05) is 30.3 Å². The number of nitrogens with zero attached hydrogens (tertiary/aromatic N) is 3. The van der Waals surface area contributed by atoms with Crippen molar-refractivity contribution in [2.75, 3.05) is 7.05 Å². The second kappa shape index (κ2) is 11.4. The molecule has 4 heteroatoms. The van der Waals surface area contributed by atoms with Crippen LogP contribution in [0.3, 0.4) is 0 Å². The lowest BCUT2D eigenvalue weighted by Gasteiger charge is -2.39. The molecular formula is C39H30N4. The fourth-order valence-corrected chi connectivity index (χ4v) is 6.10. The van der Waals surface area contributed by atoms with E-state index in [4.69, 9.17) is 4.99 Å². The van der Waals surface area contributed by atoms with Crippen LogP contribution in [0.5, 0.6) is 0 Å². The third-order valence-electron chi connectivity index (χ3n) is 8.26. The largest absolute Gasteiger partial charge is 0.350 e. The molecule has 0 amide bonds. The molecule has 206 valence electrons. The maximum Gasteiger partial charge on any atom is 0.132 e. The first kappa shape index (κ1) is 26.4. The quantitative estimate of drug-likeness (QED) is 0.232. The van der Waals surface area contributed by atoms with Gasteiger partial charge in [-0.25, -0.2) is 4.99 Å². The van der Waals surface area contributed by atoms with Crippen molar-refractivity contribution in [3.63, 3.8) is 0 Å². The van der Waals surface area contributed by atoms with Gasteiger partial charge in [-0.1, -0.05) is 133 Å². The van der Waals surface area contributed by atoms with Crippen LogP contribution in [0.1, 0.15) is 34.6 Å². The van der Waals surface area contributed by atoms with Gasteiger partial charge in [-0.15, -0.1) is 0 Å². The van der Waals surface area contributed by atoms with E-state index in [-0.39, 0.29) is 12.3 Å². The number of aliphatic imine (C=N–C) groups is 1. The Bertz CT molecular complexity index is 1970. The molecular weight excluding hydrogens is 524 g/mol. The minimum atomic E-state index is -0.200. The van der Waals surface area contributed by atoms with Gasteiger partial charge in [-0.05, 0) is 63.3 Å². The van der Waals surface area contributed by atoms with E-state index in [9.17, 15) is 5.26 Å². The van der Waals surface area contributed by atoms with E-state index in [0.717, 1.165) is 33.7 Å². The van der Waals surface area contributed by atoms with Crippen molar-refractivity contribution >= 4 is 16.6 Å². The summed E-state index contributed by atoms with van der Waals surface area (Å²) in [6.07, 6.45) is -0.246. The van der Waals surface area contributed by atoms with Gasteiger partial charge in [-0.3, -0.25) is 4.90 Å². The molecule has 7 rings (SSSR count). The smallest absolute Gasteiger partial charge is 0.132 e. The number of nitrogens with one attached hydrogen (secondary N) is 1. The molecule has 0 saturated carbocycles. The number of hydrogen-bond acceptors (Lipinski definition) is 4. The molecule has 2 atom stereocenters. The molecule has 0 aromatic heterocycles. The first-order chi connectivity index (χ1) is 21.2. The highest BCUT2D eigenvalue weighted by molar-refractivity contribution is 6.03. The standard InChI is InChI=1S/C39H30N4/c1-43-38(30-14-6-3-7-15-30)41-37(29-12-4-2-5-13-29)42-39(43)36-25-24-35(33-18-10-11-19-34(33)36)32-17-9-8-16-31(32)28-22-20-27(26-40)21-23-28/h2-25,38-39H,1H3,(H,41,42). The second-order valence-corrected chi connectivity index (χ2v) is 10.8. The molecule has 1 heterocycles. The summed E-state index contributed by atoms with van der Waals surface area (Å²) in [5, 5.41) is 15.4. The highest BCUT2D eigenvalue weighted by Crippen LogP contribution is 2.41. The number of nitriles is 1. The van der Waals surface area contributed by atoms with Gasteiger partial charge >= 0.3 is 0 Å². The fraction of sp³-hybridized carbons (Fsp3) is 0.0769. The molecule has 6 aromatic carbocycles. The van der Waals surface area contributed by atoms with Crippen LogP contribution in [0.4, 0.5) is 0 Å². The molecule has 0 saturated heterocycles. The SMILES string of the molecule is CN1C(c2ccc(-c3ccccc3-c3ccc(C#N)cc3)c3ccccc23)N=C(c2ccccc2)NC1c1ccccc1. The van der Waals surface area contributed by atoms with E-state index >= 15 is 0 Å². The Kier molecular flexibility index (Phi) is 7.00. The van der Waals surface area contributed by atoms with Gasteiger partial charge in [0.1, 0.15) is 18.2 Å². The highest BCUT2D eigenvalue weighted by atomic mass is 15.4. The molecule has 1 aliphatic heterocycles. The van der Waals surface area contributed by atoms with Crippen LogP contribution in [0.2, 0.25) is 0 Å². The van der Waals surface area contributed by atoms with Crippen LogP contribution in [0.15, 0.2) is 151 Å². The van der Waals surface area contributed by atoms with Gasteiger partial charge in [0.25, 0.3) is 0 Å². The number of fused-ring (bicyclic) bond motifs is 1. The van der Waals surface area contributed by atoms with E-state index in [0.29, 0.717) is 5.56 Å². The van der Waals surface area contributed by atoms with E-state index in [1.54, 1.807) is 0 Å². The Labute approximate surface area is 252 Å². The summed E-state index contributed by atoms with van der Waals surface area (Å²) in [5.41, 5.74) is 8.63. The van der Waals surface area contributed by atoms with Crippen LogP contribution in [0, 0.1) is 11.3 Å². The number of rotatable bonds is 5. The fourth-order valence-electron chi connectivity index (χ4n) is 6.10.